The van der Waals surface area contributed by atoms with Gasteiger partial charge in [0.05, 0.1) is 12.0 Å². The number of carbonyl (C=O) groups is 1. The summed E-state index contributed by atoms with van der Waals surface area (Å²) in [6.45, 7) is 2.13. The lowest BCUT2D eigenvalue weighted by atomic mass is 9.79. The fourth-order valence-corrected chi connectivity index (χ4v) is 4.66. The summed E-state index contributed by atoms with van der Waals surface area (Å²) in [4.78, 5) is 25.5. The normalized spacial score (nSPS) is 23.1. The molecule has 0 saturated heterocycles. The minimum Gasteiger partial charge on any atom is -0.355 e. The molecule has 2 aliphatic heterocycles. The minimum atomic E-state index is -0.246. The van der Waals surface area contributed by atoms with Crippen LogP contribution < -0.4 is 10.6 Å². The highest BCUT2D eigenvalue weighted by Crippen LogP contribution is 2.40. The number of nitrogens with zero attached hydrogens (tertiary/aromatic N) is 3. The van der Waals surface area contributed by atoms with E-state index in [9.17, 15) is 4.79 Å². The molecule has 0 radical (unpaired) electrons. The molecule has 6 nitrogen and oxygen atoms in total. The van der Waals surface area contributed by atoms with E-state index < -0.39 is 0 Å². The van der Waals surface area contributed by atoms with Gasteiger partial charge in [-0.15, -0.1) is 0 Å². The van der Waals surface area contributed by atoms with E-state index in [0.29, 0.717) is 6.54 Å². The molecular weight excluding hydrogens is 362 g/mol. The van der Waals surface area contributed by atoms with Crippen LogP contribution in [0, 0.1) is 5.92 Å². The third-order valence-electron chi connectivity index (χ3n) is 6.14. The maximum Gasteiger partial charge on any atom is 0.216 e. The molecule has 3 aliphatic rings. The lowest BCUT2D eigenvalue weighted by molar-refractivity contribution is -0.119. The molecule has 2 aromatic rings. The number of hydrogen-bond acceptors (Lipinski definition) is 5. The number of aliphatic imine (C=N–C) groups is 2. The number of benzene rings is 1. The Morgan fingerprint density at radius 1 is 1.24 bits per heavy atom. The Morgan fingerprint density at radius 2 is 2.03 bits per heavy atom. The molecule has 0 fully saturated rings. The van der Waals surface area contributed by atoms with Gasteiger partial charge in [0.1, 0.15) is 12.2 Å². The van der Waals surface area contributed by atoms with Gasteiger partial charge in [0.25, 0.3) is 0 Å². The van der Waals surface area contributed by atoms with Gasteiger partial charge >= 0.3 is 0 Å². The average molecular weight is 385 g/mol. The minimum absolute atomic E-state index is 0.0166. The van der Waals surface area contributed by atoms with Crippen molar-refractivity contribution in [3.05, 3.63) is 77.3 Å². The summed E-state index contributed by atoms with van der Waals surface area (Å²) in [6.07, 6.45) is 9.28. The molecule has 1 aromatic carbocycles. The van der Waals surface area contributed by atoms with Crippen LogP contribution in [-0.4, -0.2) is 29.6 Å². The molecule has 1 aliphatic carbocycles. The molecule has 5 rings (SSSR count). The molecule has 3 heterocycles. The summed E-state index contributed by atoms with van der Waals surface area (Å²) in [5.74, 6) is 1.04. The molecule has 2 atom stereocenters. The highest BCUT2D eigenvalue weighted by Gasteiger charge is 2.41. The Bertz CT molecular complexity index is 1030. The van der Waals surface area contributed by atoms with Crippen LogP contribution in [0.4, 0.5) is 0 Å². The number of carbonyl (C=O) groups excluding carboxylic acids is 1. The monoisotopic (exact) mass is 385 g/mol. The number of nitrogens with one attached hydrogen (secondary N) is 2. The van der Waals surface area contributed by atoms with Crippen LogP contribution in [-0.2, 0) is 23.1 Å². The molecule has 0 saturated carbocycles. The van der Waals surface area contributed by atoms with Crippen molar-refractivity contribution in [3.63, 3.8) is 0 Å². The van der Waals surface area contributed by atoms with E-state index in [4.69, 9.17) is 4.98 Å². The largest absolute Gasteiger partial charge is 0.355 e. The van der Waals surface area contributed by atoms with E-state index in [1.807, 2.05) is 18.5 Å². The zero-order valence-electron chi connectivity index (χ0n) is 16.3. The summed E-state index contributed by atoms with van der Waals surface area (Å²) < 4.78 is 0. The maximum atomic E-state index is 11.7. The maximum absolute atomic E-state index is 11.7. The van der Waals surface area contributed by atoms with Crippen molar-refractivity contribution in [2.45, 2.75) is 31.2 Å². The van der Waals surface area contributed by atoms with Crippen LogP contribution in [0.3, 0.4) is 0 Å². The van der Waals surface area contributed by atoms with E-state index in [1.165, 1.54) is 11.1 Å². The van der Waals surface area contributed by atoms with Crippen LogP contribution >= 0.6 is 0 Å². The van der Waals surface area contributed by atoms with Gasteiger partial charge in [0, 0.05) is 30.8 Å². The zero-order valence-corrected chi connectivity index (χ0v) is 16.3. The van der Waals surface area contributed by atoms with Gasteiger partial charge in [-0.1, -0.05) is 30.3 Å². The molecule has 2 unspecified atom stereocenters. The van der Waals surface area contributed by atoms with Gasteiger partial charge in [0.2, 0.25) is 5.91 Å². The van der Waals surface area contributed by atoms with E-state index in [2.05, 4.69) is 57.0 Å². The quantitative estimate of drug-likeness (QED) is 0.849. The first-order valence-electron chi connectivity index (χ1n) is 9.95. The second kappa shape index (κ2) is 6.95. The molecule has 1 amide bonds. The first-order valence-corrected chi connectivity index (χ1v) is 9.95. The van der Waals surface area contributed by atoms with Gasteiger partial charge in [-0.25, -0.2) is 4.99 Å². The summed E-state index contributed by atoms with van der Waals surface area (Å²) in [6, 6.07) is 12.7. The van der Waals surface area contributed by atoms with Gasteiger partial charge in [0.15, 0.2) is 0 Å². The van der Waals surface area contributed by atoms with Crippen molar-refractivity contribution >= 4 is 18.1 Å². The smallest absolute Gasteiger partial charge is 0.216 e. The first-order chi connectivity index (χ1) is 14.1. The van der Waals surface area contributed by atoms with Crippen LogP contribution in [0.2, 0.25) is 0 Å². The van der Waals surface area contributed by atoms with Crippen molar-refractivity contribution in [3.8, 4) is 0 Å². The predicted octanol–water partition coefficient (Wildman–Crippen LogP) is 2.47. The third-order valence-corrected chi connectivity index (χ3v) is 6.14. The Morgan fingerprint density at radius 3 is 2.79 bits per heavy atom. The van der Waals surface area contributed by atoms with Crippen molar-refractivity contribution in [1.29, 1.82) is 0 Å². The SMILES string of the molecule is CC(=O)NCC1(c2cc(C3N=CN=C4NC=CC43)ccn2)Cc2ccccc2C1. The highest BCUT2D eigenvalue weighted by atomic mass is 16.1. The number of amides is 1. The number of fused-ring (bicyclic) bond motifs is 2. The average Bonchev–Trinajstić information content (AvgIpc) is 3.37. The topological polar surface area (TPSA) is 78.7 Å². The summed E-state index contributed by atoms with van der Waals surface area (Å²) in [5, 5.41) is 6.24. The lowest BCUT2D eigenvalue weighted by Crippen LogP contribution is -2.41. The second-order valence-corrected chi connectivity index (χ2v) is 8.04. The van der Waals surface area contributed by atoms with E-state index in [0.717, 1.165) is 29.9 Å². The van der Waals surface area contributed by atoms with Crippen LogP contribution in [0.15, 0.2) is 64.9 Å². The molecule has 0 spiro atoms. The number of aromatic nitrogens is 1. The third kappa shape index (κ3) is 3.14. The fourth-order valence-electron chi connectivity index (χ4n) is 4.66. The van der Waals surface area contributed by atoms with Crippen molar-refractivity contribution in [1.82, 2.24) is 15.6 Å². The molecule has 29 heavy (non-hydrogen) atoms. The van der Waals surface area contributed by atoms with Gasteiger partial charge in [-0.2, -0.15) is 0 Å². The van der Waals surface area contributed by atoms with E-state index in [-0.39, 0.29) is 23.3 Å². The predicted molar refractivity (Wildman–Crippen MR) is 113 cm³/mol. The number of pyridine rings is 1. The molecule has 146 valence electrons. The number of rotatable bonds is 4. The van der Waals surface area contributed by atoms with Crippen LogP contribution in [0.1, 0.15) is 35.3 Å². The zero-order chi connectivity index (χ0) is 19.8. The second-order valence-electron chi connectivity index (χ2n) is 8.04. The summed E-state index contributed by atoms with van der Waals surface area (Å²) in [5.41, 5.74) is 4.55. The van der Waals surface area contributed by atoms with E-state index >= 15 is 0 Å². The van der Waals surface area contributed by atoms with Gasteiger partial charge < -0.3 is 10.6 Å². The van der Waals surface area contributed by atoms with Crippen LogP contribution in [0.5, 0.6) is 0 Å². The van der Waals surface area contributed by atoms with E-state index in [1.54, 1.807) is 13.3 Å². The Kier molecular flexibility index (Phi) is 4.27. The van der Waals surface area contributed by atoms with Crippen LogP contribution in [0.25, 0.3) is 0 Å². The standard InChI is InChI=1S/C23H23N5O/c1-15(29)26-13-23(11-17-4-2-3-5-18(17)12-23)20-10-16(6-8-24-20)21-19-7-9-25-22(19)28-14-27-21/h2-10,14,19,21H,11-13H2,1H3,(H,26,29)(H,25,27,28). The lowest BCUT2D eigenvalue weighted by Gasteiger charge is -2.30. The Labute approximate surface area is 169 Å². The molecule has 0 bridgehead atoms. The van der Waals surface area contributed by atoms with Crippen molar-refractivity contribution < 1.29 is 4.79 Å². The molecular formula is C23H23N5O. The van der Waals surface area contributed by atoms with Gasteiger partial charge in [-0.3, -0.25) is 14.8 Å². The van der Waals surface area contributed by atoms with Crippen molar-refractivity contribution in [2.24, 2.45) is 15.9 Å². The molecule has 6 heteroatoms. The number of hydrogen-bond donors (Lipinski definition) is 2. The molecule has 2 N–H and O–H groups in total. The summed E-state index contributed by atoms with van der Waals surface area (Å²) >= 11 is 0. The Balaban J connectivity index is 1.52. The number of amidine groups is 1. The molecule has 1 aromatic heterocycles. The Hall–Kier alpha value is -3.28. The van der Waals surface area contributed by atoms with Gasteiger partial charge in [-0.05, 0) is 47.9 Å². The highest BCUT2D eigenvalue weighted by molar-refractivity contribution is 5.96. The first kappa shape index (κ1) is 17.8. The fraction of sp³-hybridized carbons (Fsp3) is 0.304. The summed E-state index contributed by atoms with van der Waals surface area (Å²) in [7, 11) is 0. The van der Waals surface area contributed by atoms with Crippen molar-refractivity contribution in [2.75, 3.05) is 6.54 Å².